The lowest BCUT2D eigenvalue weighted by atomic mass is 10.2. The van der Waals surface area contributed by atoms with Crippen LogP contribution in [0.2, 0.25) is 0 Å². The molecule has 0 saturated carbocycles. The molecule has 1 aliphatic rings. The van der Waals surface area contributed by atoms with Gasteiger partial charge in [-0.25, -0.2) is 0 Å². The molecular weight excluding hydrogens is 262 g/mol. The molecule has 1 aliphatic heterocycles. The Morgan fingerprint density at radius 1 is 1.47 bits per heavy atom. The van der Waals surface area contributed by atoms with Crippen LogP contribution in [0.5, 0.6) is 0 Å². The van der Waals surface area contributed by atoms with E-state index in [4.69, 9.17) is 0 Å². The summed E-state index contributed by atoms with van der Waals surface area (Å²) in [6.45, 7) is 2.65. The number of amides is 2. The molecule has 1 atom stereocenters. The van der Waals surface area contributed by atoms with Crippen molar-refractivity contribution >= 4 is 29.3 Å². The first-order valence-electron chi connectivity index (χ1n) is 6.12. The number of hydrogen-bond acceptors (Lipinski definition) is 4. The summed E-state index contributed by atoms with van der Waals surface area (Å²) < 4.78 is 0. The zero-order valence-electron chi connectivity index (χ0n) is 10.9. The second-order valence-corrected chi connectivity index (χ2v) is 5.77. The number of carbonyl (C=O) groups is 2. The van der Waals surface area contributed by atoms with Crippen molar-refractivity contribution in [2.45, 2.75) is 23.6 Å². The van der Waals surface area contributed by atoms with Crippen LogP contribution in [0, 0.1) is 0 Å². The van der Waals surface area contributed by atoms with E-state index < -0.39 is 0 Å². The summed E-state index contributed by atoms with van der Waals surface area (Å²) in [6, 6.07) is 5.86. The first-order chi connectivity index (χ1) is 9.10. The number of nitrogens with one attached hydrogen (secondary N) is 3. The molecule has 1 unspecified atom stereocenters. The fourth-order valence-electron chi connectivity index (χ4n) is 1.79. The minimum Gasteiger partial charge on any atom is -0.351 e. The Bertz CT molecular complexity index is 505. The van der Waals surface area contributed by atoms with Crippen molar-refractivity contribution in [3.05, 3.63) is 23.8 Å². The Labute approximate surface area is 116 Å². The molecule has 2 rings (SSSR count). The fourth-order valence-corrected chi connectivity index (χ4v) is 2.72. The number of thioether (sulfide) groups is 1. The molecule has 0 bridgehead atoms. The summed E-state index contributed by atoms with van der Waals surface area (Å²) in [5.74, 6) is -0.0267. The molecule has 19 heavy (non-hydrogen) atoms. The van der Waals surface area contributed by atoms with Crippen LogP contribution in [0.1, 0.15) is 12.5 Å². The molecule has 3 N–H and O–H groups in total. The van der Waals surface area contributed by atoms with Crippen molar-refractivity contribution in [3.63, 3.8) is 0 Å². The highest BCUT2D eigenvalue weighted by molar-refractivity contribution is 8.00. The van der Waals surface area contributed by atoms with E-state index in [9.17, 15) is 9.59 Å². The molecule has 0 fully saturated rings. The summed E-state index contributed by atoms with van der Waals surface area (Å²) in [7, 11) is 1.73. The Kier molecular flexibility index (Phi) is 4.44. The van der Waals surface area contributed by atoms with E-state index in [2.05, 4.69) is 16.0 Å². The average Bonchev–Trinajstić information content (AvgIpc) is 2.38. The Morgan fingerprint density at radius 2 is 2.26 bits per heavy atom. The van der Waals surface area contributed by atoms with Crippen molar-refractivity contribution in [1.82, 2.24) is 10.6 Å². The molecule has 1 aromatic carbocycles. The predicted molar refractivity (Wildman–Crippen MR) is 76.2 cm³/mol. The lowest BCUT2D eigenvalue weighted by Gasteiger charge is -2.21. The molecule has 6 heteroatoms. The van der Waals surface area contributed by atoms with Gasteiger partial charge < -0.3 is 16.0 Å². The number of benzene rings is 1. The molecule has 1 aromatic rings. The number of hydrogen-bond donors (Lipinski definition) is 3. The SMILES string of the molecule is CNCC(=O)NCc1ccc2c(c1)NC(=O)C(C)S2. The normalized spacial score (nSPS) is 17.6. The van der Waals surface area contributed by atoms with E-state index in [0.29, 0.717) is 13.1 Å². The van der Waals surface area contributed by atoms with E-state index in [-0.39, 0.29) is 17.1 Å². The molecule has 102 valence electrons. The number of carbonyl (C=O) groups excluding carboxylic acids is 2. The van der Waals surface area contributed by atoms with Gasteiger partial charge >= 0.3 is 0 Å². The highest BCUT2D eigenvalue weighted by Crippen LogP contribution is 2.35. The third-order valence-electron chi connectivity index (χ3n) is 2.80. The molecule has 0 radical (unpaired) electrons. The Hall–Kier alpha value is -1.53. The maximum Gasteiger partial charge on any atom is 0.237 e. The van der Waals surface area contributed by atoms with Crippen molar-refractivity contribution in [3.8, 4) is 0 Å². The summed E-state index contributed by atoms with van der Waals surface area (Å²) in [4.78, 5) is 24.0. The minimum atomic E-state index is -0.0614. The van der Waals surface area contributed by atoms with Gasteiger partial charge in [0.05, 0.1) is 17.5 Å². The van der Waals surface area contributed by atoms with E-state index >= 15 is 0 Å². The Morgan fingerprint density at radius 3 is 3.00 bits per heavy atom. The van der Waals surface area contributed by atoms with Gasteiger partial charge in [0.15, 0.2) is 0 Å². The third-order valence-corrected chi connectivity index (χ3v) is 3.98. The first kappa shape index (κ1) is 13.9. The lowest BCUT2D eigenvalue weighted by Crippen LogP contribution is -2.31. The van der Waals surface area contributed by atoms with Crippen LogP contribution in [-0.2, 0) is 16.1 Å². The van der Waals surface area contributed by atoms with Gasteiger partial charge in [-0.1, -0.05) is 6.07 Å². The zero-order chi connectivity index (χ0) is 13.8. The smallest absolute Gasteiger partial charge is 0.237 e. The van der Waals surface area contributed by atoms with E-state index in [1.807, 2.05) is 25.1 Å². The minimum absolute atomic E-state index is 0.0221. The molecule has 0 saturated heterocycles. The molecule has 1 heterocycles. The standard InChI is InChI=1S/C13H17N3O2S/c1-8-13(18)16-10-5-9(3-4-11(10)19-8)6-15-12(17)7-14-2/h3-5,8,14H,6-7H2,1-2H3,(H,15,17)(H,16,18). The van der Waals surface area contributed by atoms with Crippen molar-refractivity contribution in [2.24, 2.45) is 0 Å². The molecule has 5 nitrogen and oxygen atoms in total. The van der Waals surface area contributed by atoms with Crippen LogP contribution in [0.15, 0.2) is 23.1 Å². The van der Waals surface area contributed by atoms with Crippen LogP contribution in [0.25, 0.3) is 0 Å². The van der Waals surface area contributed by atoms with Gasteiger partial charge in [0, 0.05) is 11.4 Å². The quantitative estimate of drug-likeness (QED) is 0.767. The maximum atomic E-state index is 11.6. The summed E-state index contributed by atoms with van der Waals surface area (Å²) in [6.07, 6.45) is 0. The van der Waals surface area contributed by atoms with Gasteiger partial charge in [0.1, 0.15) is 0 Å². The number of anilines is 1. The maximum absolute atomic E-state index is 11.6. The molecule has 0 spiro atoms. The number of likely N-dealkylation sites (N-methyl/N-ethyl adjacent to an activating group) is 1. The van der Waals surface area contributed by atoms with Crippen LogP contribution >= 0.6 is 11.8 Å². The number of rotatable bonds is 4. The molecular formula is C13H17N3O2S. The van der Waals surface area contributed by atoms with Gasteiger partial charge in [-0.2, -0.15) is 0 Å². The van der Waals surface area contributed by atoms with Gasteiger partial charge in [0.2, 0.25) is 11.8 Å². The summed E-state index contributed by atoms with van der Waals surface area (Å²) in [5.41, 5.74) is 1.80. The van der Waals surface area contributed by atoms with Gasteiger partial charge in [0.25, 0.3) is 0 Å². The molecule has 2 amide bonds. The van der Waals surface area contributed by atoms with Crippen LogP contribution in [0.4, 0.5) is 5.69 Å². The highest BCUT2D eigenvalue weighted by atomic mass is 32.2. The predicted octanol–water partition coefficient (Wildman–Crippen LogP) is 0.955. The first-order valence-corrected chi connectivity index (χ1v) is 7.00. The molecule has 0 aliphatic carbocycles. The van der Waals surface area contributed by atoms with Crippen LogP contribution in [0.3, 0.4) is 0 Å². The van der Waals surface area contributed by atoms with Crippen molar-refractivity contribution in [2.75, 3.05) is 18.9 Å². The van der Waals surface area contributed by atoms with Crippen molar-refractivity contribution in [1.29, 1.82) is 0 Å². The van der Waals surface area contributed by atoms with E-state index in [1.165, 1.54) is 0 Å². The van der Waals surface area contributed by atoms with Gasteiger partial charge in [-0.05, 0) is 31.7 Å². The van der Waals surface area contributed by atoms with Gasteiger partial charge in [-0.15, -0.1) is 11.8 Å². The molecule has 0 aromatic heterocycles. The van der Waals surface area contributed by atoms with Crippen LogP contribution < -0.4 is 16.0 Å². The average molecular weight is 279 g/mol. The van der Waals surface area contributed by atoms with E-state index in [0.717, 1.165) is 16.1 Å². The number of fused-ring (bicyclic) bond motifs is 1. The Balaban J connectivity index is 2.03. The van der Waals surface area contributed by atoms with Crippen molar-refractivity contribution < 1.29 is 9.59 Å². The fraction of sp³-hybridized carbons (Fsp3) is 0.385. The van der Waals surface area contributed by atoms with Gasteiger partial charge in [-0.3, -0.25) is 9.59 Å². The zero-order valence-corrected chi connectivity index (χ0v) is 11.8. The van der Waals surface area contributed by atoms with Crippen LogP contribution in [-0.4, -0.2) is 30.7 Å². The monoisotopic (exact) mass is 279 g/mol. The largest absolute Gasteiger partial charge is 0.351 e. The highest BCUT2D eigenvalue weighted by Gasteiger charge is 2.22. The third kappa shape index (κ3) is 3.48. The summed E-state index contributed by atoms with van der Waals surface area (Å²) >= 11 is 1.55. The second kappa shape index (κ2) is 6.08. The van der Waals surface area contributed by atoms with E-state index in [1.54, 1.807) is 18.8 Å². The topological polar surface area (TPSA) is 70.2 Å². The lowest BCUT2D eigenvalue weighted by molar-refractivity contribution is -0.120. The second-order valence-electron chi connectivity index (χ2n) is 4.39. The summed E-state index contributed by atoms with van der Waals surface area (Å²) in [5, 5.41) is 8.41.